The first-order valence-electron chi connectivity index (χ1n) is 8.98. The van der Waals surface area contributed by atoms with E-state index in [-0.39, 0.29) is 6.04 Å². The normalized spacial score (nSPS) is 12.6. The Morgan fingerprint density at radius 2 is 2.07 bits per heavy atom. The summed E-state index contributed by atoms with van der Waals surface area (Å²) in [5.74, 6) is 0. The molecule has 0 bridgehead atoms. The fourth-order valence-electron chi connectivity index (χ4n) is 3.53. The number of aromatic amines is 1. The fraction of sp³-hybridized carbons (Fsp3) is 0.150. The van der Waals surface area contributed by atoms with Crippen LogP contribution >= 0.6 is 0 Å². The van der Waals surface area contributed by atoms with Gasteiger partial charge in [0.15, 0.2) is 11.1 Å². The average Bonchev–Trinajstić information content (AvgIpc) is 3.33. The van der Waals surface area contributed by atoms with E-state index in [9.17, 15) is 0 Å². The molecule has 0 radical (unpaired) electrons. The van der Waals surface area contributed by atoms with Crippen LogP contribution in [0.3, 0.4) is 0 Å². The number of hydrogen-bond donors (Lipinski definition) is 2. The van der Waals surface area contributed by atoms with Crippen molar-refractivity contribution in [3.63, 3.8) is 0 Å². The van der Waals surface area contributed by atoms with Gasteiger partial charge in [0.2, 0.25) is 0 Å². The summed E-state index contributed by atoms with van der Waals surface area (Å²) in [4.78, 5) is 15.7. The number of nitrogens with zero attached hydrogens (tertiary/aromatic N) is 6. The van der Waals surface area contributed by atoms with Gasteiger partial charge in [-0.2, -0.15) is 5.10 Å². The van der Waals surface area contributed by atoms with Crippen molar-refractivity contribution in [1.82, 2.24) is 34.3 Å². The van der Waals surface area contributed by atoms with Crippen LogP contribution in [0, 0.1) is 12.3 Å². The number of imidazole rings is 1. The Kier molecular flexibility index (Phi) is 3.58. The molecule has 28 heavy (non-hydrogen) atoms. The van der Waals surface area contributed by atoms with Gasteiger partial charge in [-0.05, 0) is 38.1 Å². The lowest BCUT2D eigenvalue weighted by atomic mass is 10.1. The maximum Gasteiger partial charge on any atom is 0.182 e. The highest BCUT2D eigenvalue weighted by molar-refractivity contribution is 5.84. The molecule has 8 nitrogen and oxygen atoms in total. The van der Waals surface area contributed by atoms with Crippen molar-refractivity contribution >= 4 is 22.1 Å². The van der Waals surface area contributed by atoms with Crippen molar-refractivity contribution in [2.45, 2.75) is 19.9 Å². The summed E-state index contributed by atoms with van der Waals surface area (Å²) in [5, 5.41) is 14.5. The van der Waals surface area contributed by atoms with Crippen LogP contribution in [0.5, 0.6) is 0 Å². The maximum atomic E-state index is 8.56. The molecule has 1 atom stereocenters. The Morgan fingerprint density at radius 1 is 1.18 bits per heavy atom. The molecule has 4 heterocycles. The molecule has 4 aromatic heterocycles. The van der Waals surface area contributed by atoms with Gasteiger partial charge >= 0.3 is 0 Å². The molecule has 8 heteroatoms. The van der Waals surface area contributed by atoms with E-state index in [4.69, 9.17) is 10.5 Å². The van der Waals surface area contributed by atoms with E-state index >= 15 is 0 Å². The molecule has 0 saturated heterocycles. The average molecular weight is 370 g/mol. The van der Waals surface area contributed by atoms with Crippen LogP contribution in [0.1, 0.15) is 24.2 Å². The van der Waals surface area contributed by atoms with Crippen LogP contribution in [0.2, 0.25) is 0 Å². The Labute approximate surface area is 160 Å². The standard InChI is InChI=1S/C20H18N8/c1-12-5-6-16-15(8-12)17(26-28(16)14-4-3-7-22-9-14)13(2)27-11-25-20-18(19(27)21)23-10-24-20/h3-11,13,21H,1-2H3,(H,23,24)/t13-/m0/s1. The lowest BCUT2D eigenvalue weighted by Gasteiger charge is -2.14. The summed E-state index contributed by atoms with van der Waals surface area (Å²) in [7, 11) is 0. The van der Waals surface area contributed by atoms with Gasteiger partial charge in [-0.15, -0.1) is 0 Å². The summed E-state index contributed by atoms with van der Waals surface area (Å²) in [5.41, 5.74) is 5.41. The first-order valence-corrected chi connectivity index (χ1v) is 8.98. The minimum atomic E-state index is -0.185. The van der Waals surface area contributed by atoms with Gasteiger partial charge in [0, 0.05) is 11.6 Å². The highest BCUT2D eigenvalue weighted by Gasteiger charge is 2.20. The third-order valence-electron chi connectivity index (χ3n) is 4.99. The fourth-order valence-corrected chi connectivity index (χ4v) is 3.53. The SMILES string of the molecule is Cc1ccc2c(c1)c([C@H](C)n1cnc3nc[nH]c3c1=N)nn2-c1cccnc1. The molecule has 0 aliphatic carbocycles. The Morgan fingerprint density at radius 3 is 2.89 bits per heavy atom. The zero-order chi connectivity index (χ0) is 19.3. The topological polar surface area (TPSA) is 101 Å². The number of benzene rings is 1. The first-order chi connectivity index (χ1) is 13.6. The number of nitrogens with one attached hydrogen (secondary N) is 2. The van der Waals surface area contributed by atoms with Crippen LogP contribution in [0.25, 0.3) is 27.8 Å². The van der Waals surface area contributed by atoms with Gasteiger partial charge in [0.1, 0.15) is 5.52 Å². The molecule has 2 N–H and O–H groups in total. The van der Waals surface area contributed by atoms with Gasteiger partial charge in [-0.1, -0.05) is 11.6 Å². The number of hydrogen-bond acceptors (Lipinski definition) is 5. The maximum absolute atomic E-state index is 8.56. The second-order valence-corrected chi connectivity index (χ2v) is 6.81. The summed E-state index contributed by atoms with van der Waals surface area (Å²) in [6.07, 6.45) is 6.75. The molecule has 0 saturated carbocycles. The Bertz CT molecular complexity index is 1360. The predicted molar refractivity (Wildman–Crippen MR) is 105 cm³/mol. The lowest BCUT2D eigenvalue weighted by molar-refractivity contribution is 0.576. The van der Waals surface area contributed by atoms with Crippen LogP contribution in [-0.4, -0.2) is 34.3 Å². The second kappa shape index (κ2) is 6.12. The van der Waals surface area contributed by atoms with E-state index in [1.165, 1.54) is 0 Å². The van der Waals surface area contributed by atoms with Crippen LogP contribution in [-0.2, 0) is 0 Å². The molecule has 1 aromatic carbocycles. The molecule has 0 aliphatic rings. The number of fused-ring (bicyclic) bond motifs is 2. The van der Waals surface area contributed by atoms with E-state index in [1.807, 2.05) is 23.7 Å². The van der Waals surface area contributed by atoms with Crippen LogP contribution in [0.15, 0.2) is 55.4 Å². The number of aryl methyl sites for hydroxylation is 1. The monoisotopic (exact) mass is 370 g/mol. The summed E-state index contributed by atoms with van der Waals surface area (Å²) < 4.78 is 3.71. The molecule has 0 spiro atoms. The highest BCUT2D eigenvalue weighted by Crippen LogP contribution is 2.28. The molecule has 0 amide bonds. The van der Waals surface area contributed by atoms with Gasteiger partial charge in [0.05, 0.1) is 41.8 Å². The molecule has 0 unspecified atom stereocenters. The largest absolute Gasteiger partial charge is 0.340 e. The second-order valence-electron chi connectivity index (χ2n) is 6.81. The summed E-state index contributed by atoms with van der Waals surface area (Å²) in [6, 6.07) is 9.97. The smallest absolute Gasteiger partial charge is 0.182 e. The van der Waals surface area contributed by atoms with Crippen molar-refractivity contribution in [3.8, 4) is 5.69 Å². The van der Waals surface area contributed by atoms with Crippen LogP contribution in [0.4, 0.5) is 0 Å². The van der Waals surface area contributed by atoms with Crippen molar-refractivity contribution in [2.75, 3.05) is 0 Å². The van der Waals surface area contributed by atoms with Crippen molar-refractivity contribution in [1.29, 1.82) is 5.41 Å². The van der Waals surface area contributed by atoms with Gasteiger partial charge < -0.3 is 9.55 Å². The molecule has 0 aliphatic heterocycles. The Balaban J connectivity index is 1.75. The van der Waals surface area contributed by atoms with E-state index in [1.54, 1.807) is 29.6 Å². The minimum absolute atomic E-state index is 0.185. The first kappa shape index (κ1) is 16.4. The van der Waals surface area contributed by atoms with Gasteiger partial charge in [-0.3, -0.25) is 10.4 Å². The minimum Gasteiger partial charge on any atom is -0.340 e. The van der Waals surface area contributed by atoms with Crippen LogP contribution < -0.4 is 5.49 Å². The zero-order valence-corrected chi connectivity index (χ0v) is 15.5. The zero-order valence-electron chi connectivity index (χ0n) is 15.5. The lowest BCUT2D eigenvalue weighted by Crippen LogP contribution is -2.25. The van der Waals surface area contributed by atoms with E-state index in [0.29, 0.717) is 16.7 Å². The molecule has 0 fully saturated rings. The van der Waals surface area contributed by atoms with Crippen molar-refractivity contribution < 1.29 is 0 Å². The van der Waals surface area contributed by atoms with E-state index in [2.05, 4.69) is 45.1 Å². The molecular formula is C20H18N8. The third kappa shape index (κ3) is 2.42. The molecular weight excluding hydrogens is 352 g/mol. The molecule has 5 aromatic rings. The predicted octanol–water partition coefficient (Wildman–Crippen LogP) is 2.89. The summed E-state index contributed by atoms with van der Waals surface area (Å²) in [6.45, 7) is 4.09. The van der Waals surface area contributed by atoms with Gasteiger partial charge in [0.25, 0.3) is 0 Å². The number of aromatic nitrogens is 7. The number of H-pyrrole nitrogens is 1. The van der Waals surface area contributed by atoms with E-state index < -0.39 is 0 Å². The van der Waals surface area contributed by atoms with E-state index in [0.717, 1.165) is 27.8 Å². The molecule has 138 valence electrons. The quantitative estimate of drug-likeness (QED) is 0.510. The number of rotatable bonds is 3. The van der Waals surface area contributed by atoms with Crippen molar-refractivity contribution in [3.05, 3.63) is 72.1 Å². The van der Waals surface area contributed by atoms with Gasteiger partial charge in [-0.25, -0.2) is 14.6 Å². The highest BCUT2D eigenvalue weighted by atomic mass is 15.3. The Hall–Kier alpha value is -3.81. The summed E-state index contributed by atoms with van der Waals surface area (Å²) >= 11 is 0. The number of pyridine rings is 1. The molecule has 5 rings (SSSR count). The third-order valence-corrected chi connectivity index (χ3v) is 4.99. The van der Waals surface area contributed by atoms with Crippen molar-refractivity contribution in [2.24, 2.45) is 0 Å².